The fraction of sp³-hybridized carbons (Fsp3) is 0.600. The molecule has 1 aliphatic carbocycles. The molecule has 0 radical (unpaired) electrons. The van der Waals surface area contributed by atoms with Crippen molar-refractivity contribution in [3.63, 3.8) is 0 Å². The number of benzene rings is 1. The van der Waals surface area contributed by atoms with Crippen LogP contribution < -0.4 is 0 Å². The number of alkyl halides is 3. The highest BCUT2D eigenvalue weighted by Gasteiger charge is 2.47. The Labute approximate surface area is 129 Å². The lowest BCUT2D eigenvalue weighted by Crippen LogP contribution is -2.40. The first-order valence-electron chi connectivity index (χ1n) is 6.97. The standard InChI is InChI=1S/C15H17BrF4O/c16-13-8-10(17)6-5-9(13)7-14(21)11-3-1-2-4-12(11)15(18,19)20/h5-6,8,11-12,14,21H,1-4,7H2. The van der Waals surface area contributed by atoms with Gasteiger partial charge in [0.25, 0.3) is 0 Å². The molecule has 0 bridgehead atoms. The summed E-state index contributed by atoms with van der Waals surface area (Å²) in [4.78, 5) is 0. The number of aliphatic hydroxyl groups excluding tert-OH is 1. The minimum absolute atomic E-state index is 0.0792. The molecule has 1 saturated carbocycles. The molecule has 1 fully saturated rings. The zero-order valence-corrected chi connectivity index (χ0v) is 12.9. The molecule has 1 aliphatic rings. The number of hydrogen-bond donors (Lipinski definition) is 1. The molecule has 3 unspecified atom stereocenters. The average Bonchev–Trinajstić information content (AvgIpc) is 2.41. The van der Waals surface area contributed by atoms with E-state index in [1.165, 1.54) is 18.2 Å². The molecule has 0 heterocycles. The third kappa shape index (κ3) is 4.19. The topological polar surface area (TPSA) is 20.2 Å². The second-order valence-electron chi connectivity index (χ2n) is 5.60. The first-order valence-corrected chi connectivity index (χ1v) is 7.77. The van der Waals surface area contributed by atoms with Gasteiger partial charge in [-0.05, 0) is 42.9 Å². The molecule has 0 saturated heterocycles. The predicted octanol–water partition coefficient (Wildman–Crippen LogP) is 4.86. The largest absolute Gasteiger partial charge is 0.392 e. The SMILES string of the molecule is OC(Cc1ccc(F)cc1Br)C1CCCCC1C(F)(F)F. The van der Waals surface area contributed by atoms with Crippen LogP contribution in [0.4, 0.5) is 17.6 Å². The number of aliphatic hydroxyl groups is 1. The highest BCUT2D eigenvalue weighted by atomic mass is 79.9. The number of rotatable bonds is 3. The normalized spacial score (nSPS) is 24.9. The minimum Gasteiger partial charge on any atom is -0.392 e. The van der Waals surface area contributed by atoms with Crippen LogP contribution in [-0.4, -0.2) is 17.4 Å². The van der Waals surface area contributed by atoms with Crippen molar-refractivity contribution < 1.29 is 22.7 Å². The van der Waals surface area contributed by atoms with E-state index in [2.05, 4.69) is 15.9 Å². The molecule has 3 atom stereocenters. The molecule has 0 amide bonds. The summed E-state index contributed by atoms with van der Waals surface area (Å²) in [7, 11) is 0. The Bertz CT molecular complexity index is 489. The van der Waals surface area contributed by atoms with E-state index in [1.807, 2.05) is 0 Å². The summed E-state index contributed by atoms with van der Waals surface area (Å²) in [5.74, 6) is -2.65. The maximum Gasteiger partial charge on any atom is 0.392 e. The third-order valence-electron chi connectivity index (χ3n) is 4.18. The number of hydrogen-bond acceptors (Lipinski definition) is 1. The Morgan fingerprint density at radius 1 is 1.24 bits per heavy atom. The van der Waals surface area contributed by atoms with Gasteiger partial charge in [0, 0.05) is 4.47 Å². The molecule has 0 aromatic heterocycles. The van der Waals surface area contributed by atoms with Crippen molar-refractivity contribution in [2.45, 2.75) is 44.4 Å². The summed E-state index contributed by atoms with van der Waals surface area (Å²) >= 11 is 3.18. The van der Waals surface area contributed by atoms with E-state index in [-0.39, 0.29) is 12.8 Å². The molecule has 118 valence electrons. The van der Waals surface area contributed by atoms with Crippen LogP contribution >= 0.6 is 15.9 Å². The van der Waals surface area contributed by atoms with E-state index in [9.17, 15) is 22.7 Å². The molecular formula is C15H17BrF4O. The quantitative estimate of drug-likeness (QED) is 0.755. The van der Waals surface area contributed by atoms with Gasteiger partial charge in [-0.1, -0.05) is 34.8 Å². The average molecular weight is 369 g/mol. The van der Waals surface area contributed by atoms with Crippen molar-refractivity contribution in [3.05, 3.63) is 34.1 Å². The van der Waals surface area contributed by atoms with Gasteiger partial charge >= 0.3 is 6.18 Å². The van der Waals surface area contributed by atoms with E-state index < -0.39 is 29.9 Å². The van der Waals surface area contributed by atoms with E-state index >= 15 is 0 Å². The van der Waals surface area contributed by atoms with Gasteiger partial charge in [-0.15, -0.1) is 0 Å². The molecule has 6 heteroatoms. The molecule has 0 spiro atoms. The highest BCUT2D eigenvalue weighted by molar-refractivity contribution is 9.10. The van der Waals surface area contributed by atoms with E-state index in [0.29, 0.717) is 29.3 Å². The summed E-state index contributed by atoms with van der Waals surface area (Å²) in [5.41, 5.74) is 0.621. The zero-order chi connectivity index (χ0) is 15.6. The van der Waals surface area contributed by atoms with Crippen molar-refractivity contribution in [1.29, 1.82) is 0 Å². The first-order chi connectivity index (χ1) is 9.79. The molecule has 1 aromatic carbocycles. The summed E-state index contributed by atoms with van der Waals surface area (Å²) in [6, 6.07) is 3.99. The van der Waals surface area contributed by atoms with Crippen molar-refractivity contribution in [3.8, 4) is 0 Å². The molecular weight excluding hydrogens is 352 g/mol. The Hall–Kier alpha value is -0.620. The lowest BCUT2D eigenvalue weighted by Gasteiger charge is -2.36. The highest BCUT2D eigenvalue weighted by Crippen LogP contribution is 2.43. The first kappa shape index (κ1) is 16.7. The van der Waals surface area contributed by atoms with E-state index in [1.54, 1.807) is 0 Å². The van der Waals surface area contributed by atoms with Crippen LogP contribution in [0.2, 0.25) is 0 Å². The van der Waals surface area contributed by atoms with Gasteiger partial charge in [0.1, 0.15) is 5.82 Å². The van der Waals surface area contributed by atoms with Crippen molar-refractivity contribution >= 4 is 15.9 Å². The lowest BCUT2D eigenvalue weighted by atomic mass is 9.74. The second-order valence-corrected chi connectivity index (χ2v) is 6.46. The van der Waals surface area contributed by atoms with Crippen LogP contribution in [0, 0.1) is 17.7 Å². The molecule has 1 nitrogen and oxygen atoms in total. The summed E-state index contributed by atoms with van der Waals surface area (Å²) < 4.78 is 52.6. The smallest absolute Gasteiger partial charge is 0.392 e. The predicted molar refractivity (Wildman–Crippen MR) is 75.3 cm³/mol. The molecule has 1 N–H and O–H groups in total. The summed E-state index contributed by atoms with van der Waals surface area (Å²) in [6.45, 7) is 0. The maximum absolute atomic E-state index is 13.1. The van der Waals surface area contributed by atoms with Crippen LogP contribution in [-0.2, 0) is 6.42 Å². The van der Waals surface area contributed by atoms with Crippen LogP contribution in [0.5, 0.6) is 0 Å². The van der Waals surface area contributed by atoms with Crippen LogP contribution in [0.3, 0.4) is 0 Å². The van der Waals surface area contributed by atoms with Crippen LogP contribution in [0.25, 0.3) is 0 Å². The van der Waals surface area contributed by atoms with Gasteiger partial charge in [-0.2, -0.15) is 13.2 Å². The molecule has 21 heavy (non-hydrogen) atoms. The Kier molecular flexibility index (Phi) is 5.30. The van der Waals surface area contributed by atoms with E-state index in [0.717, 1.165) is 0 Å². The summed E-state index contributed by atoms with van der Waals surface area (Å²) in [6.07, 6.45) is -3.53. The van der Waals surface area contributed by atoms with Gasteiger partial charge in [0.15, 0.2) is 0 Å². The van der Waals surface area contributed by atoms with Crippen LogP contribution in [0.1, 0.15) is 31.2 Å². The minimum atomic E-state index is -4.27. The maximum atomic E-state index is 13.1. The fourth-order valence-corrected chi connectivity index (χ4v) is 3.60. The third-order valence-corrected chi connectivity index (χ3v) is 4.92. The van der Waals surface area contributed by atoms with Crippen molar-refractivity contribution in [2.24, 2.45) is 11.8 Å². The fourth-order valence-electron chi connectivity index (χ4n) is 3.09. The van der Waals surface area contributed by atoms with Crippen LogP contribution in [0.15, 0.2) is 22.7 Å². The Morgan fingerprint density at radius 2 is 1.90 bits per heavy atom. The Morgan fingerprint density at radius 3 is 2.52 bits per heavy atom. The van der Waals surface area contributed by atoms with E-state index in [4.69, 9.17) is 0 Å². The zero-order valence-electron chi connectivity index (χ0n) is 11.3. The lowest BCUT2D eigenvalue weighted by molar-refractivity contribution is -0.206. The van der Waals surface area contributed by atoms with Crippen molar-refractivity contribution in [2.75, 3.05) is 0 Å². The molecule has 2 rings (SSSR count). The monoisotopic (exact) mass is 368 g/mol. The van der Waals surface area contributed by atoms with Gasteiger partial charge in [-0.3, -0.25) is 0 Å². The Balaban J connectivity index is 2.12. The van der Waals surface area contributed by atoms with Gasteiger partial charge in [0.2, 0.25) is 0 Å². The molecule has 1 aromatic rings. The second kappa shape index (κ2) is 6.65. The van der Waals surface area contributed by atoms with Gasteiger partial charge in [-0.25, -0.2) is 4.39 Å². The van der Waals surface area contributed by atoms with Gasteiger partial charge < -0.3 is 5.11 Å². The number of halogens is 5. The van der Waals surface area contributed by atoms with Gasteiger partial charge in [0.05, 0.1) is 12.0 Å². The molecule has 0 aliphatic heterocycles. The van der Waals surface area contributed by atoms with Crippen molar-refractivity contribution in [1.82, 2.24) is 0 Å². The summed E-state index contributed by atoms with van der Waals surface area (Å²) in [5, 5.41) is 10.2.